The fraction of sp³-hybridized carbons (Fsp3) is 0.208. The number of pyridine rings is 1. The minimum atomic E-state index is -1.22. The van der Waals surface area contributed by atoms with Gasteiger partial charge in [0.25, 0.3) is 5.91 Å². The van der Waals surface area contributed by atoms with E-state index in [9.17, 15) is 19.1 Å². The Morgan fingerprint density at radius 3 is 2.55 bits per heavy atom. The molecule has 0 fully saturated rings. The minimum Gasteiger partial charge on any atom is -0.493 e. The Morgan fingerprint density at radius 2 is 1.85 bits per heavy atom. The summed E-state index contributed by atoms with van der Waals surface area (Å²) in [6.45, 7) is 0.432. The molecule has 0 unspecified atom stereocenters. The van der Waals surface area contributed by atoms with Crippen LogP contribution in [0.5, 0.6) is 5.75 Å². The SMILES string of the molecule is CNc1cccc(CCOc2ccc(C[C@H](NC(=O)c3cccc(F)c3Cl)C(=O)O)cc2)n1. The van der Waals surface area contributed by atoms with Gasteiger partial charge in [-0.25, -0.2) is 14.2 Å². The first-order valence-electron chi connectivity index (χ1n) is 10.2. The van der Waals surface area contributed by atoms with Crippen molar-refractivity contribution in [3.8, 4) is 5.75 Å². The van der Waals surface area contributed by atoms with E-state index in [-0.39, 0.29) is 17.0 Å². The summed E-state index contributed by atoms with van der Waals surface area (Å²) < 4.78 is 19.3. The van der Waals surface area contributed by atoms with E-state index in [0.717, 1.165) is 17.6 Å². The van der Waals surface area contributed by atoms with Crippen LogP contribution >= 0.6 is 11.6 Å². The Kier molecular flexibility index (Phi) is 8.21. The molecule has 0 aliphatic rings. The Hall–Kier alpha value is -3.65. The van der Waals surface area contributed by atoms with E-state index in [4.69, 9.17) is 16.3 Å². The highest BCUT2D eigenvalue weighted by Gasteiger charge is 2.23. The predicted molar refractivity (Wildman–Crippen MR) is 123 cm³/mol. The van der Waals surface area contributed by atoms with Crippen molar-refractivity contribution in [2.75, 3.05) is 19.0 Å². The molecule has 0 saturated carbocycles. The molecule has 0 aliphatic heterocycles. The summed E-state index contributed by atoms with van der Waals surface area (Å²) in [6.07, 6.45) is 0.669. The highest BCUT2D eigenvalue weighted by molar-refractivity contribution is 6.34. The normalized spacial score (nSPS) is 11.5. The Labute approximate surface area is 195 Å². The first-order chi connectivity index (χ1) is 15.9. The van der Waals surface area contributed by atoms with Gasteiger partial charge in [0.05, 0.1) is 17.2 Å². The molecule has 3 N–H and O–H groups in total. The van der Waals surface area contributed by atoms with Crippen LogP contribution in [0.3, 0.4) is 0 Å². The number of amides is 1. The molecule has 2 aromatic carbocycles. The number of halogens is 2. The standard InChI is InChI=1S/C24H23ClFN3O4/c1-27-21-7-2-4-16(28-21)12-13-33-17-10-8-15(9-11-17)14-20(24(31)32)29-23(30)18-5-3-6-19(26)22(18)25/h2-11,20H,12-14H2,1H3,(H,27,28)(H,29,30)(H,31,32)/t20-/m0/s1. The van der Waals surface area contributed by atoms with Crippen LogP contribution in [-0.2, 0) is 17.6 Å². The number of ether oxygens (including phenoxy) is 1. The number of aliphatic carboxylic acids is 1. The van der Waals surface area contributed by atoms with E-state index in [1.165, 1.54) is 12.1 Å². The van der Waals surface area contributed by atoms with Gasteiger partial charge in [-0.05, 0) is 42.0 Å². The first kappa shape index (κ1) is 24.0. The van der Waals surface area contributed by atoms with E-state index in [1.54, 1.807) is 31.3 Å². The Balaban J connectivity index is 1.56. The second kappa shape index (κ2) is 11.3. The lowest BCUT2D eigenvalue weighted by Gasteiger charge is -2.16. The van der Waals surface area contributed by atoms with Crippen molar-refractivity contribution in [3.05, 3.63) is 88.3 Å². The summed E-state index contributed by atoms with van der Waals surface area (Å²) in [5, 5.41) is 14.5. The second-order valence-electron chi connectivity index (χ2n) is 7.18. The van der Waals surface area contributed by atoms with E-state index >= 15 is 0 Å². The van der Waals surface area contributed by atoms with Crippen molar-refractivity contribution < 1.29 is 23.8 Å². The molecular weight excluding hydrogens is 449 g/mol. The summed E-state index contributed by atoms with van der Waals surface area (Å²) in [7, 11) is 1.81. The molecule has 3 rings (SSSR count). The van der Waals surface area contributed by atoms with Crippen molar-refractivity contribution in [2.24, 2.45) is 0 Å². The van der Waals surface area contributed by atoms with Gasteiger partial charge in [0.2, 0.25) is 0 Å². The number of hydrogen-bond donors (Lipinski definition) is 3. The molecule has 0 aliphatic carbocycles. The zero-order chi connectivity index (χ0) is 23.8. The fourth-order valence-corrected chi connectivity index (χ4v) is 3.32. The molecule has 0 spiro atoms. The van der Waals surface area contributed by atoms with Gasteiger partial charge >= 0.3 is 5.97 Å². The van der Waals surface area contributed by atoms with E-state index in [0.29, 0.717) is 24.3 Å². The largest absolute Gasteiger partial charge is 0.493 e. The molecule has 33 heavy (non-hydrogen) atoms. The number of hydrogen-bond acceptors (Lipinski definition) is 5. The molecule has 9 heteroatoms. The van der Waals surface area contributed by atoms with E-state index in [2.05, 4.69) is 15.6 Å². The lowest BCUT2D eigenvalue weighted by atomic mass is 10.1. The van der Waals surface area contributed by atoms with Crippen molar-refractivity contribution in [3.63, 3.8) is 0 Å². The third-order valence-electron chi connectivity index (χ3n) is 4.85. The summed E-state index contributed by atoms with van der Waals surface area (Å²) in [5.74, 6) is -1.31. The van der Waals surface area contributed by atoms with Crippen LogP contribution < -0.4 is 15.4 Å². The number of carbonyl (C=O) groups excluding carboxylic acids is 1. The van der Waals surface area contributed by atoms with Gasteiger partial charge in [0, 0.05) is 25.6 Å². The number of nitrogens with one attached hydrogen (secondary N) is 2. The maximum atomic E-state index is 13.6. The number of rotatable bonds is 10. The lowest BCUT2D eigenvalue weighted by molar-refractivity contribution is -0.139. The van der Waals surface area contributed by atoms with Crippen LogP contribution in [0.2, 0.25) is 5.02 Å². The van der Waals surface area contributed by atoms with Gasteiger partial charge in [-0.2, -0.15) is 0 Å². The molecule has 0 bridgehead atoms. The Morgan fingerprint density at radius 1 is 1.12 bits per heavy atom. The number of carboxylic acids is 1. The molecule has 0 saturated heterocycles. The molecule has 1 heterocycles. The average molecular weight is 472 g/mol. The quantitative estimate of drug-likeness (QED) is 0.414. The van der Waals surface area contributed by atoms with Crippen molar-refractivity contribution in [1.82, 2.24) is 10.3 Å². The molecule has 3 aromatic rings. The fourth-order valence-electron chi connectivity index (χ4n) is 3.10. The first-order valence-corrected chi connectivity index (χ1v) is 10.6. The van der Waals surface area contributed by atoms with Gasteiger partial charge in [-0.1, -0.05) is 35.9 Å². The number of aromatic nitrogens is 1. The smallest absolute Gasteiger partial charge is 0.326 e. The topological polar surface area (TPSA) is 101 Å². The highest BCUT2D eigenvalue weighted by atomic mass is 35.5. The molecule has 1 amide bonds. The number of carbonyl (C=O) groups is 2. The van der Waals surface area contributed by atoms with E-state index < -0.39 is 23.7 Å². The second-order valence-corrected chi connectivity index (χ2v) is 7.55. The summed E-state index contributed by atoms with van der Waals surface area (Å²) >= 11 is 5.82. The van der Waals surface area contributed by atoms with E-state index in [1.807, 2.05) is 18.2 Å². The minimum absolute atomic E-state index is 0.0367. The summed E-state index contributed by atoms with van der Waals surface area (Å²) in [6, 6.07) is 15.2. The maximum absolute atomic E-state index is 13.6. The van der Waals surface area contributed by atoms with Crippen LogP contribution in [0.1, 0.15) is 21.6 Å². The third kappa shape index (κ3) is 6.66. The van der Waals surface area contributed by atoms with Gasteiger partial charge < -0.3 is 20.5 Å². The summed E-state index contributed by atoms with van der Waals surface area (Å²) in [5.41, 5.74) is 1.46. The highest BCUT2D eigenvalue weighted by Crippen LogP contribution is 2.20. The van der Waals surface area contributed by atoms with Gasteiger partial charge in [-0.3, -0.25) is 4.79 Å². The summed E-state index contributed by atoms with van der Waals surface area (Å²) in [4.78, 5) is 28.5. The van der Waals surface area contributed by atoms with Gasteiger partial charge in [-0.15, -0.1) is 0 Å². The molecule has 0 radical (unpaired) electrons. The number of benzene rings is 2. The van der Waals surface area contributed by atoms with Crippen LogP contribution in [0.4, 0.5) is 10.2 Å². The predicted octanol–water partition coefficient (Wildman–Crippen LogP) is 3.96. The average Bonchev–Trinajstić information content (AvgIpc) is 2.81. The van der Waals surface area contributed by atoms with Crippen LogP contribution in [0.25, 0.3) is 0 Å². The zero-order valence-electron chi connectivity index (χ0n) is 17.8. The number of nitrogens with zero attached hydrogens (tertiary/aromatic N) is 1. The van der Waals surface area contributed by atoms with Crippen LogP contribution in [0, 0.1) is 5.82 Å². The van der Waals surface area contributed by atoms with Crippen LogP contribution in [-0.4, -0.2) is 41.7 Å². The van der Waals surface area contributed by atoms with Crippen molar-refractivity contribution in [1.29, 1.82) is 0 Å². The Bertz CT molecular complexity index is 1120. The molecule has 1 aromatic heterocycles. The number of carboxylic acid groups (broad SMARTS) is 1. The molecule has 7 nitrogen and oxygen atoms in total. The third-order valence-corrected chi connectivity index (χ3v) is 5.24. The van der Waals surface area contributed by atoms with Gasteiger partial charge in [0.15, 0.2) is 0 Å². The molecular formula is C24H23ClFN3O4. The maximum Gasteiger partial charge on any atom is 0.326 e. The molecule has 1 atom stereocenters. The van der Waals surface area contributed by atoms with Crippen LogP contribution in [0.15, 0.2) is 60.7 Å². The zero-order valence-corrected chi connectivity index (χ0v) is 18.6. The van der Waals surface area contributed by atoms with Gasteiger partial charge in [0.1, 0.15) is 23.4 Å². The van der Waals surface area contributed by atoms with Crippen molar-refractivity contribution >= 4 is 29.3 Å². The van der Waals surface area contributed by atoms with Crippen molar-refractivity contribution in [2.45, 2.75) is 18.9 Å². The molecule has 172 valence electrons. The number of anilines is 1. The monoisotopic (exact) mass is 471 g/mol. The lowest BCUT2D eigenvalue weighted by Crippen LogP contribution is -2.42.